The maximum absolute atomic E-state index is 12.4. The molecule has 0 spiro atoms. The molecule has 1 N–H and O–H groups in total. The number of anilines is 2. The number of pyridine rings is 1. The summed E-state index contributed by atoms with van der Waals surface area (Å²) in [5.41, 5.74) is 1.27. The van der Waals surface area contributed by atoms with Crippen molar-refractivity contribution in [3.8, 4) is 6.07 Å². The molecule has 7 heteroatoms. The topological polar surface area (TPSA) is 86.8 Å². The Morgan fingerprint density at radius 1 is 1.21 bits per heavy atom. The monoisotopic (exact) mass is 374 g/mol. The van der Waals surface area contributed by atoms with Gasteiger partial charge in [0.05, 0.1) is 6.07 Å². The van der Waals surface area contributed by atoms with E-state index in [0.29, 0.717) is 11.6 Å². The first-order chi connectivity index (χ1) is 13.7. The molecule has 4 rings (SSSR count). The molecule has 0 aliphatic carbocycles. The van der Waals surface area contributed by atoms with E-state index in [9.17, 15) is 10.1 Å². The number of nitriles is 1. The summed E-state index contributed by atoms with van der Waals surface area (Å²) in [5.74, 6) is 0.551. The zero-order chi connectivity index (χ0) is 19.5. The number of hydrogen-bond donors (Lipinski definition) is 1. The SMILES string of the molecule is CC(C#N)n1c(=O)ccc2cnc(N(c3ccccc3)C3CCNCC3)nc21. The van der Waals surface area contributed by atoms with Crippen LogP contribution in [0.4, 0.5) is 11.6 Å². The van der Waals surface area contributed by atoms with E-state index in [1.54, 1.807) is 19.2 Å². The van der Waals surface area contributed by atoms with E-state index in [1.807, 2.05) is 30.3 Å². The van der Waals surface area contributed by atoms with Crippen molar-refractivity contribution in [2.24, 2.45) is 0 Å². The molecule has 28 heavy (non-hydrogen) atoms. The molecule has 1 saturated heterocycles. The highest BCUT2D eigenvalue weighted by molar-refractivity contribution is 5.76. The molecule has 1 aromatic carbocycles. The number of para-hydroxylation sites is 1. The zero-order valence-corrected chi connectivity index (χ0v) is 15.7. The standard InChI is InChI=1S/C21H22N6O/c1-15(13-22)26-19(28)8-7-16-14-24-21(25-20(16)26)27(17-5-3-2-4-6-17)18-9-11-23-12-10-18/h2-8,14-15,18,23H,9-12H2,1H3. The van der Waals surface area contributed by atoms with Crippen molar-refractivity contribution in [1.82, 2.24) is 19.9 Å². The first-order valence-electron chi connectivity index (χ1n) is 9.52. The molecule has 0 saturated carbocycles. The molecule has 1 fully saturated rings. The summed E-state index contributed by atoms with van der Waals surface area (Å²) in [5, 5.41) is 13.5. The number of nitrogens with one attached hydrogen (secondary N) is 1. The third-order valence-electron chi connectivity index (χ3n) is 5.15. The van der Waals surface area contributed by atoms with Crippen molar-refractivity contribution >= 4 is 22.7 Å². The molecule has 3 heterocycles. The average molecular weight is 374 g/mol. The average Bonchev–Trinajstić information content (AvgIpc) is 2.75. The summed E-state index contributed by atoms with van der Waals surface area (Å²) in [7, 11) is 0. The molecule has 2 aromatic heterocycles. The molecule has 0 radical (unpaired) electrons. The fraction of sp³-hybridized carbons (Fsp3) is 0.333. The largest absolute Gasteiger partial charge is 0.317 e. The Hall–Kier alpha value is -3.24. The maximum atomic E-state index is 12.4. The molecule has 1 atom stereocenters. The predicted octanol–water partition coefficient (Wildman–Crippen LogP) is 2.77. The lowest BCUT2D eigenvalue weighted by Gasteiger charge is -2.34. The van der Waals surface area contributed by atoms with Crippen LogP contribution < -0.4 is 15.8 Å². The summed E-state index contributed by atoms with van der Waals surface area (Å²) >= 11 is 0. The van der Waals surface area contributed by atoms with Crippen molar-refractivity contribution in [3.05, 3.63) is 59.0 Å². The second-order valence-corrected chi connectivity index (χ2v) is 6.98. The van der Waals surface area contributed by atoms with Gasteiger partial charge >= 0.3 is 0 Å². The number of hydrogen-bond acceptors (Lipinski definition) is 6. The molecule has 7 nitrogen and oxygen atoms in total. The van der Waals surface area contributed by atoms with Crippen LogP contribution in [-0.2, 0) is 0 Å². The molecule has 142 valence electrons. The first kappa shape index (κ1) is 18.1. The summed E-state index contributed by atoms with van der Waals surface area (Å²) in [6.45, 7) is 3.58. The number of benzene rings is 1. The van der Waals surface area contributed by atoms with E-state index in [1.165, 1.54) is 10.6 Å². The van der Waals surface area contributed by atoms with E-state index in [2.05, 4.69) is 21.3 Å². The van der Waals surface area contributed by atoms with Gasteiger partial charge < -0.3 is 10.2 Å². The number of rotatable bonds is 4. The Balaban J connectivity index is 1.89. The van der Waals surface area contributed by atoms with Crippen LogP contribution in [0.1, 0.15) is 25.8 Å². The second-order valence-electron chi connectivity index (χ2n) is 6.98. The highest BCUT2D eigenvalue weighted by atomic mass is 16.1. The number of piperidine rings is 1. The van der Waals surface area contributed by atoms with Gasteiger partial charge in [-0.05, 0) is 51.1 Å². The fourth-order valence-corrected chi connectivity index (χ4v) is 3.72. The van der Waals surface area contributed by atoms with Gasteiger partial charge in [0.2, 0.25) is 5.95 Å². The zero-order valence-electron chi connectivity index (χ0n) is 15.7. The van der Waals surface area contributed by atoms with E-state index in [4.69, 9.17) is 4.98 Å². The van der Waals surface area contributed by atoms with Crippen LogP contribution >= 0.6 is 0 Å². The predicted molar refractivity (Wildman–Crippen MR) is 109 cm³/mol. The third-order valence-corrected chi connectivity index (χ3v) is 5.15. The summed E-state index contributed by atoms with van der Waals surface area (Å²) in [6, 6.07) is 15.0. The molecule has 0 amide bonds. The van der Waals surface area contributed by atoms with E-state index < -0.39 is 6.04 Å². The van der Waals surface area contributed by atoms with Crippen LogP contribution in [0.15, 0.2) is 53.5 Å². The fourth-order valence-electron chi connectivity index (χ4n) is 3.72. The highest BCUT2D eigenvalue weighted by Gasteiger charge is 2.25. The lowest BCUT2D eigenvalue weighted by atomic mass is 10.0. The van der Waals surface area contributed by atoms with E-state index in [0.717, 1.165) is 37.0 Å². The Bertz CT molecular complexity index is 1070. The third kappa shape index (κ3) is 3.35. The Labute approximate surface area is 163 Å². The van der Waals surface area contributed by atoms with Gasteiger partial charge in [-0.3, -0.25) is 9.36 Å². The van der Waals surface area contributed by atoms with Crippen molar-refractivity contribution in [2.75, 3.05) is 18.0 Å². The van der Waals surface area contributed by atoms with Gasteiger partial charge in [0.15, 0.2) is 0 Å². The lowest BCUT2D eigenvalue weighted by molar-refractivity contribution is 0.449. The Kier molecular flexibility index (Phi) is 5.04. The summed E-state index contributed by atoms with van der Waals surface area (Å²) in [4.78, 5) is 23.9. The van der Waals surface area contributed by atoms with Gasteiger partial charge in [-0.2, -0.15) is 10.2 Å². The molecular weight excluding hydrogens is 352 g/mol. The minimum atomic E-state index is -0.608. The summed E-state index contributed by atoms with van der Waals surface area (Å²) in [6.07, 6.45) is 3.69. The van der Waals surface area contributed by atoms with Crippen LogP contribution in [-0.4, -0.2) is 33.7 Å². The summed E-state index contributed by atoms with van der Waals surface area (Å²) < 4.78 is 1.44. The second kappa shape index (κ2) is 7.79. The molecule has 1 aliphatic rings. The van der Waals surface area contributed by atoms with Gasteiger partial charge in [-0.1, -0.05) is 18.2 Å². The van der Waals surface area contributed by atoms with Crippen LogP contribution in [0.25, 0.3) is 11.0 Å². The van der Waals surface area contributed by atoms with Crippen molar-refractivity contribution in [2.45, 2.75) is 31.8 Å². The van der Waals surface area contributed by atoms with Crippen LogP contribution in [0.2, 0.25) is 0 Å². The molecular formula is C21H22N6O. The molecule has 1 aliphatic heterocycles. The van der Waals surface area contributed by atoms with E-state index >= 15 is 0 Å². The van der Waals surface area contributed by atoms with E-state index in [-0.39, 0.29) is 11.6 Å². The Morgan fingerprint density at radius 3 is 2.68 bits per heavy atom. The number of aromatic nitrogens is 3. The lowest BCUT2D eigenvalue weighted by Crippen LogP contribution is -2.41. The highest BCUT2D eigenvalue weighted by Crippen LogP contribution is 2.29. The van der Waals surface area contributed by atoms with Crippen LogP contribution in [0, 0.1) is 11.3 Å². The van der Waals surface area contributed by atoms with Gasteiger partial charge in [0, 0.05) is 29.4 Å². The molecule has 3 aromatic rings. The van der Waals surface area contributed by atoms with Gasteiger partial charge in [0.1, 0.15) is 11.7 Å². The van der Waals surface area contributed by atoms with Crippen molar-refractivity contribution < 1.29 is 0 Å². The van der Waals surface area contributed by atoms with Gasteiger partial charge in [0.25, 0.3) is 5.56 Å². The number of nitrogens with zero attached hydrogens (tertiary/aromatic N) is 5. The smallest absolute Gasteiger partial charge is 0.253 e. The quantitative estimate of drug-likeness (QED) is 0.756. The van der Waals surface area contributed by atoms with Crippen LogP contribution in [0.5, 0.6) is 0 Å². The van der Waals surface area contributed by atoms with Crippen LogP contribution in [0.3, 0.4) is 0 Å². The molecule has 1 unspecified atom stereocenters. The van der Waals surface area contributed by atoms with Gasteiger partial charge in [-0.15, -0.1) is 0 Å². The van der Waals surface area contributed by atoms with Crippen molar-refractivity contribution in [1.29, 1.82) is 5.26 Å². The number of fused-ring (bicyclic) bond motifs is 1. The normalized spacial score (nSPS) is 15.9. The Morgan fingerprint density at radius 2 is 1.96 bits per heavy atom. The van der Waals surface area contributed by atoms with Crippen molar-refractivity contribution in [3.63, 3.8) is 0 Å². The maximum Gasteiger partial charge on any atom is 0.253 e. The van der Waals surface area contributed by atoms with Gasteiger partial charge in [-0.25, -0.2) is 4.98 Å². The minimum Gasteiger partial charge on any atom is -0.317 e. The first-order valence-corrected chi connectivity index (χ1v) is 9.52. The molecule has 0 bridgehead atoms. The minimum absolute atomic E-state index is 0.237.